The Morgan fingerprint density at radius 2 is 1.83 bits per heavy atom. The average molecular weight is 391 g/mol. The quantitative estimate of drug-likeness (QED) is 0.500. The number of rotatable bonds is 6. The molecule has 2 N–H and O–H groups in total. The summed E-state index contributed by atoms with van der Waals surface area (Å²) < 4.78 is 7.87. The topological polar surface area (TPSA) is 126 Å². The van der Waals surface area contributed by atoms with Crippen LogP contribution in [0.5, 0.6) is 0 Å². The molecule has 1 amide bonds. The van der Waals surface area contributed by atoms with Crippen LogP contribution in [0.1, 0.15) is 27.8 Å². The number of nitrogens with zero attached hydrogens (tertiary/aromatic N) is 4. The number of nitrogens with two attached hydrogens (primary N) is 1. The van der Waals surface area contributed by atoms with Crippen LogP contribution in [0.25, 0.3) is 22.7 Å². The molecular weight excluding hydrogens is 374 g/mol. The minimum Gasteiger partial charge on any atom is -0.461 e. The molecule has 0 unspecified atom stereocenters. The van der Waals surface area contributed by atoms with E-state index >= 15 is 0 Å². The molecule has 0 atom stereocenters. The van der Waals surface area contributed by atoms with Gasteiger partial charge in [-0.3, -0.25) is 18.7 Å². The maximum atomic E-state index is 13.0. The van der Waals surface area contributed by atoms with Gasteiger partial charge in [0, 0.05) is 12.1 Å². The van der Waals surface area contributed by atoms with Crippen LogP contribution in [0.15, 0.2) is 57.9 Å². The van der Waals surface area contributed by atoms with E-state index in [0.717, 1.165) is 0 Å². The van der Waals surface area contributed by atoms with Crippen LogP contribution in [0.2, 0.25) is 0 Å². The average Bonchev–Trinajstić information content (AvgIpc) is 3.35. The molecule has 0 bridgehead atoms. The highest BCUT2D eigenvalue weighted by Gasteiger charge is 2.24. The Labute approximate surface area is 164 Å². The first-order valence-corrected chi connectivity index (χ1v) is 8.94. The van der Waals surface area contributed by atoms with Crippen molar-refractivity contribution < 1.29 is 14.0 Å². The smallest absolute Gasteiger partial charge is 0.330 e. The second-order valence-electron chi connectivity index (χ2n) is 6.31. The molecule has 0 radical (unpaired) electrons. The van der Waals surface area contributed by atoms with Crippen molar-refractivity contribution in [2.75, 3.05) is 0 Å². The first-order valence-electron chi connectivity index (χ1n) is 8.94. The van der Waals surface area contributed by atoms with Gasteiger partial charge in [-0.05, 0) is 19.1 Å². The van der Waals surface area contributed by atoms with Crippen LogP contribution in [0.3, 0.4) is 0 Å². The van der Waals surface area contributed by atoms with E-state index in [4.69, 9.17) is 10.2 Å². The van der Waals surface area contributed by atoms with Crippen LogP contribution in [0.4, 0.5) is 0 Å². The zero-order valence-corrected chi connectivity index (χ0v) is 15.5. The molecule has 1 aromatic carbocycles. The Bertz CT molecular complexity index is 1270. The van der Waals surface area contributed by atoms with E-state index in [0.29, 0.717) is 11.3 Å². The highest BCUT2D eigenvalue weighted by molar-refractivity contribution is 6.03. The van der Waals surface area contributed by atoms with Crippen molar-refractivity contribution in [3.63, 3.8) is 0 Å². The number of aromatic nitrogens is 4. The molecule has 9 heteroatoms. The Kier molecular flexibility index (Phi) is 4.55. The summed E-state index contributed by atoms with van der Waals surface area (Å²) in [6.45, 7) is 1.79. The number of amides is 1. The maximum absolute atomic E-state index is 13.0. The van der Waals surface area contributed by atoms with E-state index in [1.54, 1.807) is 49.4 Å². The highest BCUT2D eigenvalue weighted by Crippen LogP contribution is 2.22. The summed E-state index contributed by atoms with van der Waals surface area (Å²) in [5.74, 6) is -0.657. The van der Waals surface area contributed by atoms with Crippen molar-refractivity contribution in [3.05, 3.63) is 70.5 Å². The van der Waals surface area contributed by atoms with Crippen LogP contribution in [-0.2, 0) is 13.1 Å². The summed E-state index contributed by atoms with van der Waals surface area (Å²) in [7, 11) is 0. The summed E-state index contributed by atoms with van der Waals surface area (Å²) in [5, 5.41) is 0. The number of benzene rings is 1. The van der Waals surface area contributed by atoms with Gasteiger partial charge in [-0.2, -0.15) is 0 Å². The third-order valence-electron chi connectivity index (χ3n) is 4.54. The monoisotopic (exact) mass is 391 g/mol. The SMILES string of the molecule is CCn1c(=O)n(CC(=O)c2ccccc2)c2c(C(N)=O)nc(-c3ccco3)nc21. The standard InChI is InChI=1S/C20H17N5O4/c1-2-24-19-16(15(17(21)27)22-18(23-19)14-9-6-10-29-14)25(20(24)28)11-13(26)12-7-4-3-5-8-12/h3-10H,2,11H2,1H3,(H2,21,27). The lowest BCUT2D eigenvalue weighted by molar-refractivity contribution is 0.0966. The first-order chi connectivity index (χ1) is 14.0. The van der Waals surface area contributed by atoms with Crippen LogP contribution in [-0.4, -0.2) is 30.8 Å². The maximum Gasteiger partial charge on any atom is 0.330 e. The van der Waals surface area contributed by atoms with E-state index in [1.807, 2.05) is 0 Å². The van der Waals surface area contributed by atoms with Crippen molar-refractivity contribution in [3.8, 4) is 11.6 Å². The summed E-state index contributed by atoms with van der Waals surface area (Å²) >= 11 is 0. The van der Waals surface area contributed by atoms with Gasteiger partial charge in [0.2, 0.25) is 0 Å². The lowest BCUT2D eigenvalue weighted by Crippen LogP contribution is -2.27. The van der Waals surface area contributed by atoms with Crippen molar-refractivity contribution in [1.82, 2.24) is 19.1 Å². The predicted molar refractivity (Wildman–Crippen MR) is 104 cm³/mol. The number of hydrogen-bond donors (Lipinski definition) is 1. The summed E-state index contributed by atoms with van der Waals surface area (Å²) in [6, 6.07) is 11.9. The molecule has 0 aliphatic carbocycles. The third-order valence-corrected chi connectivity index (χ3v) is 4.54. The number of Topliss-reactive ketones (excluding diaryl/α,β-unsaturated/α-hetero) is 1. The first kappa shape index (κ1) is 18.4. The molecule has 29 heavy (non-hydrogen) atoms. The van der Waals surface area contributed by atoms with Gasteiger partial charge < -0.3 is 10.2 Å². The van der Waals surface area contributed by atoms with Gasteiger partial charge in [-0.25, -0.2) is 14.8 Å². The number of hydrogen-bond acceptors (Lipinski definition) is 6. The molecule has 9 nitrogen and oxygen atoms in total. The number of furan rings is 1. The van der Waals surface area contributed by atoms with E-state index < -0.39 is 11.6 Å². The molecule has 3 aromatic heterocycles. The van der Waals surface area contributed by atoms with Gasteiger partial charge >= 0.3 is 5.69 Å². The van der Waals surface area contributed by atoms with Crippen LogP contribution in [0, 0.1) is 0 Å². The zero-order valence-electron chi connectivity index (χ0n) is 15.5. The normalized spacial score (nSPS) is 11.1. The summed E-state index contributed by atoms with van der Waals surface area (Å²) in [6.07, 6.45) is 1.45. The second kappa shape index (κ2) is 7.19. The van der Waals surface area contributed by atoms with Gasteiger partial charge in [0.05, 0.1) is 12.8 Å². The van der Waals surface area contributed by atoms with E-state index in [-0.39, 0.29) is 41.6 Å². The molecule has 0 aliphatic rings. The molecule has 4 rings (SSSR count). The number of aryl methyl sites for hydroxylation is 1. The molecule has 0 spiro atoms. The predicted octanol–water partition coefficient (Wildman–Crippen LogP) is 1.85. The highest BCUT2D eigenvalue weighted by atomic mass is 16.3. The van der Waals surface area contributed by atoms with Crippen LogP contribution >= 0.6 is 0 Å². The molecule has 146 valence electrons. The Morgan fingerprint density at radius 3 is 2.45 bits per heavy atom. The van der Waals surface area contributed by atoms with Gasteiger partial charge in [0.15, 0.2) is 28.7 Å². The lowest BCUT2D eigenvalue weighted by Gasteiger charge is -2.06. The Balaban J connectivity index is 1.95. The minimum absolute atomic E-state index is 0.129. The van der Waals surface area contributed by atoms with E-state index in [1.165, 1.54) is 15.4 Å². The summed E-state index contributed by atoms with van der Waals surface area (Å²) in [4.78, 5) is 46.5. The minimum atomic E-state index is -0.834. The van der Waals surface area contributed by atoms with E-state index in [2.05, 4.69) is 9.97 Å². The molecule has 0 aliphatic heterocycles. The second-order valence-corrected chi connectivity index (χ2v) is 6.31. The fourth-order valence-corrected chi connectivity index (χ4v) is 3.19. The number of carbonyl (C=O) groups is 2. The lowest BCUT2D eigenvalue weighted by atomic mass is 10.1. The molecule has 4 aromatic rings. The Morgan fingerprint density at radius 1 is 1.07 bits per heavy atom. The fourth-order valence-electron chi connectivity index (χ4n) is 3.19. The molecule has 3 heterocycles. The zero-order chi connectivity index (χ0) is 20.5. The van der Waals surface area contributed by atoms with Crippen LogP contribution < -0.4 is 11.4 Å². The van der Waals surface area contributed by atoms with Gasteiger partial charge in [-0.1, -0.05) is 30.3 Å². The number of imidazole rings is 1. The Hall–Kier alpha value is -4.01. The fraction of sp³-hybridized carbons (Fsp3) is 0.150. The largest absolute Gasteiger partial charge is 0.461 e. The third kappa shape index (κ3) is 3.12. The van der Waals surface area contributed by atoms with Crippen molar-refractivity contribution in [2.45, 2.75) is 20.0 Å². The van der Waals surface area contributed by atoms with Gasteiger partial charge in [-0.15, -0.1) is 0 Å². The number of ketones is 1. The van der Waals surface area contributed by atoms with Gasteiger partial charge in [0.25, 0.3) is 5.91 Å². The number of fused-ring (bicyclic) bond motifs is 1. The van der Waals surface area contributed by atoms with Crippen molar-refractivity contribution in [1.29, 1.82) is 0 Å². The molecule has 0 saturated carbocycles. The number of carbonyl (C=O) groups excluding carboxylic acids is 2. The van der Waals surface area contributed by atoms with Crippen molar-refractivity contribution >= 4 is 22.9 Å². The summed E-state index contributed by atoms with van der Waals surface area (Å²) in [5.41, 5.74) is 5.72. The van der Waals surface area contributed by atoms with Crippen molar-refractivity contribution in [2.24, 2.45) is 5.73 Å². The number of primary amides is 1. The molecular formula is C20H17N5O4. The molecule has 0 saturated heterocycles. The van der Waals surface area contributed by atoms with E-state index in [9.17, 15) is 14.4 Å². The van der Waals surface area contributed by atoms with Gasteiger partial charge in [0.1, 0.15) is 5.52 Å². The molecule has 0 fully saturated rings.